The van der Waals surface area contributed by atoms with Gasteiger partial charge in [-0.2, -0.15) is 0 Å². The van der Waals surface area contributed by atoms with Gasteiger partial charge in [-0.15, -0.1) is 0 Å². The van der Waals surface area contributed by atoms with Crippen LogP contribution in [0.4, 0.5) is 5.69 Å². The second-order valence-electron chi connectivity index (χ2n) is 5.98. The normalized spacial score (nSPS) is 18.3. The number of benzene rings is 1. The highest BCUT2D eigenvalue weighted by Crippen LogP contribution is 2.34. The molecule has 1 aromatic carbocycles. The topological polar surface area (TPSA) is 32.3 Å². The van der Waals surface area contributed by atoms with Gasteiger partial charge >= 0.3 is 0 Å². The smallest absolute Gasteiger partial charge is 0.225 e. The summed E-state index contributed by atoms with van der Waals surface area (Å²) in [7, 11) is 0. The van der Waals surface area contributed by atoms with E-state index < -0.39 is 0 Å². The number of amides is 1. The third-order valence-corrected chi connectivity index (χ3v) is 4.22. The van der Waals surface area contributed by atoms with E-state index in [1.807, 2.05) is 18.2 Å². The van der Waals surface area contributed by atoms with Gasteiger partial charge in [0.1, 0.15) is 0 Å². The first-order chi connectivity index (χ1) is 9.70. The Morgan fingerprint density at radius 1 is 1.30 bits per heavy atom. The molecule has 0 aliphatic heterocycles. The molecule has 3 rings (SSSR count). The zero-order chi connectivity index (χ0) is 13.9. The van der Waals surface area contributed by atoms with Crippen LogP contribution < -0.4 is 5.32 Å². The van der Waals surface area contributed by atoms with Gasteiger partial charge in [0.25, 0.3) is 0 Å². The Balaban J connectivity index is 1.45. The predicted molar refractivity (Wildman–Crippen MR) is 82.0 cm³/mol. The van der Waals surface area contributed by atoms with Gasteiger partial charge in [-0.05, 0) is 49.8 Å². The van der Waals surface area contributed by atoms with E-state index in [4.69, 9.17) is 11.6 Å². The number of hydrogen-bond acceptors (Lipinski definition) is 2. The summed E-state index contributed by atoms with van der Waals surface area (Å²) in [5, 5.41) is 3.57. The van der Waals surface area contributed by atoms with Gasteiger partial charge in [0.2, 0.25) is 5.91 Å². The van der Waals surface area contributed by atoms with E-state index in [0.717, 1.165) is 24.2 Å². The average Bonchev–Trinajstić information content (AvgIpc) is 3.25. The van der Waals surface area contributed by atoms with Crippen LogP contribution in [0.5, 0.6) is 0 Å². The lowest BCUT2D eigenvalue weighted by molar-refractivity contribution is -0.116. The molecule has 0 radical (unpaired) electrons. The molecule has 2 saturated carbocycles. The minimum atomic E-state index is 0.0775. The van der Waals surface area contributed by atoms with E-state index >= 15 is 0 Å². The van der Waals surface area contributed by atoms with E-state index in [9.17, 15) is 4.79 Å². The average molecular weight is 293 g/mol. The second kappa shape index (κ2) is 6.15. The molecule has 0 atom stereocenters. The standard InChI is InChI=1S/C16H21ClN2O/c17-13-2-1-3-14(10-13)18-16(20)8-9-19(15-6-7-15)11-12-4-5-12/h1-3,10,12,15H,4-9,11H2,(H,18,20). The lowest BCUT2D eigenvalue weighted by Crippen LogP contribution is -2.31. The SMILES string of the molecule is O=C(CCN(CC1CC1)C1CC1)Nc1cccc(Cl)c1. The number of carbonyl (C=O) groups excluding carboxylic acids is 1. The molecule has 0 spiro atoms. The fraction of sp³-hybridized carbons (Fsp3) is 0.562. The quantitative estimate of drug-likeness (QED) is 0.833. The molecular formula is C16H21ClN2O. The maximum absolute atomic E-state index is 12.0. The van der Waals surface area contributed by atoms with Gasteiger partial charge in [-0.25, -0.2) is 0 Å². The van der Waals surface area contributed by atoms with Gasteiger partial charge in [-0.1, -0.05) is 17.7 Å². The first-order valence-electron chi connectivity index (χ1n) is 7.50. The van der Waals surface area contributed by atoms with Gasteiger partial charge in [0.15, 0.2) is 0 Å². The summed E-state index contributed by atoms with van der Waals surface area (Å²) in [4.78, 5) is 14.5. The van der Waals surface area contributed by atoms with Crippen molar-refractivity contribution in [2.24, 2.45) is 5.92 Å². The van der Waals surface area contributed by atoms with E-state index in [0.29, 0.717) is 11.4 Å². The van der Waals surface area contributed by atoms with Crippen LogP contribution in [0.25, 0.3) is 0 Å². The highest BCUT2D eigenvalue weighted by molar-refractivity contribution is 6.30. The number of halogens is 1. The van der Waals surface area contributed by atoms with Crippen molar-refractivity contribution in [2.45, 2.75) is 38.1 Å². The number of carbonyl (C=O) groups is 1. The molecule has 0 bridgehead atoms. The van der Waals surface area contributed by atoms with Gasteiger partial charge < -0.3 is 5.32 Å². The molecule has 108 valence electrons. The summed E-state index contributed by atoms with van der Waals surface area (Å²) in [6.07, 6.45) is 5.93. The summed E-state index contributed by atoms with van der Waals surface area (Å²) >= 11 is 5.91. The molecule has 0 aromatic heterocycles. The van der Waals surface area contributed by atoms with E-state index in [-0.39, 0.29) is 5.91 Å². The van der Waals surface area contributed by atoms with Crippen LogP contribution in [-0.4, -0.2) is 29.9 Å². The van der Waals surface area contributed by atoms with Crippen LogP contribution in [0.1, 0.15) is 32.1 Å². The maximum atomic E-state index is 12.0. The molecule has 0 unspecified atom stereocenters. The van der Waals surface area contributed by atoms with Crippen LogP contribution in [0.3, 0.4) is 0 Å². The maximum Gasteiger partial charge on any atom is 0.225 e. The van der Waals surface area contributed by atoms with Crippen LogP contribution in [0.15, 0.2) is 24.3 Å². The van der Waals surface area contributed by atoms with Crippen LogP contribution in [0.2, 0.25) is 5.02 Å². The molecule has 0 heterocycles. The van der Waals surface area contributed by atoms with Crippen molar-refractivity contribution in [1.82, 2.24) is 4.90 Å². The second-order valence-corrected chi connectivity index (χ2v) is 6.41. The third-order valence-electron chi connectivity index (χ3n) is 3.99. The van der Waals surface area contributed by atoms with E-state index in [1.54, 1.807) is 6.07 Å². The lowest BCUT2D eigenvalue weighted by atomic mass is 10.2. The fourth-order valence-corrected chi connectivity index (χ4v) is 2.72. The monoisotopic (exact) mass is 292 g/mol. The summed E-state index contributed by atoms with van der Waals surface area (Å²) in [6, 6.07) is 8.05. The number of nitrogens with one attached hydrogen (secondary N) is 1. The van der Waals surface area contributed by atoms with Crippen molar-refractivity contribution in [2.75, 3.05) is 18.4 Å². The summed E-state index contributed by atoms with van der Waals surface area (Å²) in [5.74, 6) is 0.973. The number of anilines is 1. The molecule has 2 fully saturated rings. The lowest BCUT2D eigenvalue weighted by Gasteiger charge is -2.21. The zero-order valence-corrected chi connectivity index (χ0v) is 12.4. The van der Waals surface area contributed by atoms with Crippen LogP contribution in [-0.2, 0) is 4.79 Å². The highest BCUT2D eigenvalue weighted by Gasteiger charge is 2.33. The van der Waals surface area contributed by atoms with Gasteiger partial charge in [-0.3, -0.25) is 9.69 Å². The van der Waals surface area contributed by atoms with Crippen molar-refractivity contribution in [3.05, 3.63) is 29.3 Å². The molecule has 4 heteroatoms. The molecule has 2 aliphatic carbocycles. The summed E-state index contributed by atoms with van der Waals surface area (Å²) < 4.78 is 0. The van der Waals surface area contributed by atoms with Crippen molar-refractivity contribution < 1.29 is 4.79 Å². The molecule has 0 saturated heterocycles. The molecule has 2 aliphatic rings. The Kier molecular flexibility index (Phi) is 4.27. The Morgan fingerprint density at radius 2 is 2.10 bits per heavy atom. The number of hydrogen-bond donors (Lipinski definition) is 1. The van der Waals surface area contributed by atoms with Crippen LogP contribution in [0, 0.1) is 5.92 Å². The first kappa shape index (κ1) is 13.9. The minimum absolute atomic E-state index is 0.0775. The molecule has 1 N–H and O–H groups in total. The molecule has 20 heavy (non-hydrogen) atoms. The summed E-state index contributed by atoms with van der Waals surface area (Å²) in [6.45, 7) is 2.07. The van der Waals surface area contributed by atoms with Crippen molar-refractivity contribution in [1.29, 1.82) is 0 Å². The Labute approximate surface area is 125 Å². The minimum Gasteiger partial charge on any atom is -0.326 e. The number of nitrogens with zero attached hydrogens (tertiary/aromatic N) is 1. The van der Waals surface area contributed by atoms with E-state index in [1.165, 1.54) is 32.2 Å². The zero-order valence-electron chi connectivity index (χ0n) is 11.6. The largest absolute Gasteiger partial charge is 0.326 e. The predicted octanol–water partition coefficient (Wildman–Crippen LogP) is 3.54. The van der Waals surface area contributed by atoms with E-state index in [2.05, 4.69) is 10.2 Å². The first-order valence-corrected chi connectivity index (χ1v) is 7.88. The van der Waals surface area contributed by atoms with Crippen LogP contribution >= 0.6 is 11.6 Å². The van der Waals surface area contributed by atoms with Crippen molar-refractivity contribution >= 4 is 23.2 Å². The van der Waals surface area contributed by atoms with Gasteiger partial charge in [0.05, 0.1) is 0 Å². The van der Waals surface area contributed by atoms with Crippen molar-refractivity contribution in [3.63, 3.8) is 0 Å². The van der Waals surface area contributed by atoms with Gasteiger partial charge in [0, 0.05) is 36.3 Å². The molecule has 1 amide bonds. The van der Waals surface area contributed by atoms with Crippen molar-refractivity contribution in [3.8, 4) is 0 Å². The summed E-state index contributed by atoms with van der Waals surface area (Å²) in [5.41, 5.74) is 0.780. The Bertz CT molecular complexity index is 483. The number of rotatable bonds is 7. The Morgan fingerprint density at radius 3 is 2.75 bits per heavy atom. The third kappa shape index (κ3) is 4.22. The Hall–Kier alpha value is -1.06. The molecule has 3 nitrogen and oxygen atoms in total. The molecule has 1 aromatic rings. The molecular weight excluding hydrogens is 272 g/mol. The fourth-order valence-electron chi connectivity index (χ4n) is 2.53. The highest BCUT2D eigenvalue weighted by atomic mass is 35.5.